The normalized spacial score (nSPS) is 14.2. The van der Waals surface area contributed by atoms with Crippen molar-refractivity contribution in [2.45, 2.75) is 6.54 Å². The molecule has 0 unspecified atom stereocenters. The van der Waals surface area contributed by atoms with Crippen LogP contribution in [0.15, 0.2) is 65.7 Å². The standard InChI is InChI=1S/C20H21N5O2/c26-20(25-9-7-24(8-10-25)19-5-1-2-6-22-19)16-12-17(14-21-13-16)23-15-18-4-3-11-27-18/h1-6,11-14,23H,7-10,15H2. The highest BCUT2D eigenvalue weighted by atomic mass is 16.3. The molecule has 4 heterocycles. The van der Waals surface area contributed by atoms with E-state index < -0.39 is 0 Å². The largest absolute Gasteiger partial charge is 0.467 e. The molecule has 27 heavy (non-hydrogen) atoms. The van der Waals surface area contributed by atoms with Gasteiger partial charge in [0.2, 0.25) is 0 Å². The number of furan rings is 1. The first-order valence-corrected chi connectivity index (χ1v) is 8.96. The summed E-state index contributed by atoms with van der Waals surface area (Å²) in [6.45, 7) is 3.42. The maximum absolute atomic E-state index is 12.8. The van der Waals surface area contributed by atoms with Crippen molar-refractivity contribution in [3.8, 4) is 0 Å². The van der Waals surface area contributed by atoms with Crippen molar-refractivity contribution in [3.05, 3.63) is 72.6 Å². The van der Waals surface area contributed by atoms with Crippen LogP contribution in [0.1, 0.15) is 16.1 Å². The Morgan fingerprint density at radius 3 is 2.74 bits per heavy atom. The average Bonchev–Trinajstić information content (AvgIpc) is 3.26. The monoisotopic (exact) mass is 363 g/mol. The minimum Gasteiger partial charge on any atom is -0.467 e. The number of carbonyl (C=O) groups excluding carboxylic acids is 1. The van der Waals surface area contributed by atoms with Gasteiger partial charge in [0.05, 0.1) is 24.1 Å². The topological polar surface area (TPSA) is 74.5 Å². The Morgan fingerprint density at radius 1 is 1.11 bits per heavy atom. The Bertz CT molecular complexity index is 874. The highest BCUT2D eigenvalue weighted by Gasteiger charge is 2.23. The van der Waals surface area contributed by atoms with Gasteiger partial charge in [0.15, 0.2) is 0 Å². The van der Waals surface area contributed by atoms with E-state index in [0.717, 1.165) is 30.4 Å². The van der Waals surface area contributed by atoms with Gasteiger partial charge in [-0.2, -0.15) is 0 Å². The summed E-state index contributed by atoms with van der Waals surface area (Å²) in [7, 11) is 0. The summed E-state index contributed by atoms with van der Waals surface area (Å²) in [5.41, 5.74) is 1.38. The first kappa shape index (κ1) is 17.1. The Labute approximate surface area is 157 Å². The van der Waals surface area contributed by atoms with Gasteiger partial charge in [-0.1, -0.05) is 6.07 Å². The van der Waals surface area contributed by atoms with Gasteiger partial charge in [-0.05, 0) is 30.3 Å². The van der Waals surface area contributed by atoms with Gasteiger partial charge in [0.25, 0.3) is 5.91 Å². The second-order valence-corrected chi connectivity index (χ2v) is 6.36. The van der Waals surface area contributed by atoms with Crippen LogP contribution >= 0.6 is 0 Å². The molecule has 1 amide bonds. The summed E-state index contributed by atoms with van der Waals surface area (Å²) in [4.78, 5) is 25.5. The van der Waals surface area contributed by atoms with E-state index in [-0.39, 0.29) is 5.91 Å². The predicted octanol–water partition coefficient (Wildman–Crippen LogP) is 2.64. The van der Waals surface area contributed by atoms with Gasteiger partial charge in [-0.3, -0.25) is 9.78 Å². The molecule has 4 rings (SSSR count). The highest BCUT2D eigenvalue weighted by molar-refractivity contribution is 5.94. The molecule has 138 valence electrons. The lowest BCUT2D eigenvalue weighted by molar-refractivity contribution is 0.0746. The molecule has 0 bridgehead atoms. The van der Waals surface area contributed by atoms with Crippen LogP contribution in [0.4, 0.5) is 11.5 Å². The third-order valence-electron chi connectivity index (χ3n) is 4.57. The SMILES string of the molecule is O=C(c1cncc(NCc2ccco2)c1)N1CCN(c2ccccn2)CC1. The summed E-state index contributed by atoms with van der Waals surface area (Å²) in [5.74, 6) is 1.79. The number of rotatable bonds is 5. The molecule has 0 aliphatic carbocycles. The third-order valence-corrected chi connectivity index (χ3v) is 4.57. The molecule has 1 fully saturated rings. The lowest BCUT2D eigenvalue weighted by Crippen LogP contribution is -2.49. The van der Waals surface area contributed by atoms with Gasteiger partial charge in [-0.15, -0.1) is 0 Å². The number of hydrogen-bond acceptors (Lipinski definition) is 6. The smallest absolute Gasteiger partial charge is 0.255 e. The van der Waals surface area contributed by atoms with Crippen molar-refractivity contribution in [1.82, 2.24) is 14.9 Å². The fourth-order valence-corrected chi connectivity index (χ4v) is 3.12. The van der Waals surface area contributed by atoms with Gasteiger partial charge in [0.1, 0.15) is 11.6 Å². The number of pyridine rings is 2. The van der Waals surface area contributed by atoms with E-state index in [1.165, 1.54) is 0 Å². The Hall–Kier alpha value is -3.35. The number of carbonyl (C=O) groups is 1. The van der Waals surface area contributed by atoms with Gasteiger partial charge in [0, 0.05) is 44.8 Å². The minimum absolute atomic E-state index is 0.00446. The molecule has 0 spiro atoms. The van der Waals surface area contributed by atoms with E-state index in [2.05, 4.69) is 20.2 Å². The Kier molecular flexibility index (Phi) is 5.00. The summed E-state index contributed by atoms with van der Waals surface area (Å²) >= 11 is 0. The van der Waals surface area contributed by atoms with Crippen molar-refractivity contribution in [1.29, 1.82) is 0 Å². The maximum atomic E-state index is 12.8. The van der Waals surface area contributed by atoms with Crippen molar-refractivity contribution in [2.75, 3.05) is 36.4 Å². The van der Waals surface area contributed by atoms with E-state index in [9.17, 15) is 4.79 Å². The Balaban J connectivity index is 1.36. The van der Waals surface area contributed by atoms with Crippen LogP contribution in [-0.2, 0) is 6.54 Å². The van der Waals surface area contributed by atoms with Crippen LogP contribution < -0.4 is 10.2 Å². The van der Waals surface area contributed by atoms with E-state index in [1.54, 1.807) is 24.9 Å². The van der Waals surface area contributed by atoms with Crippen LogP contribution in [0.5, 0.6) is 0 Å². The van der Waals surface area contributed by atoms with Gasteiger partial charge in [-0.25, -0.2) is 4.98 Å². The van der Waals surface area contributed by atoms with Crippen molar-refractivity contribution < 1.29 is 9.21 Å². The molecule has 0 aromatic carbocycles. The van der Waals surface area contributed by atoms with Crippen LogP contribution in [0.3, 0.4) is 0 Å². The summed E-state index contributed by atoms with van der Waals surface area (Å²) in [6.07, 6.45) is 6.75. The number of aromatic nitrogens is 2. The molecular weight excluding hydrogens is 342 g/mol. The predicted molar refractivity (Wildman–Crippen MR) is 103 cm³/mol. The number of hydrogen-bond donors (Lipinski definition) is 1. The molecule has 3 aromatic heterocycles. The lowest BCUT2D eigenvalue weighted by atomic mass is 10.2. The molecule has 1 aliphatic heterocycles. The molecular formula is C20H21N5O2. The number of anilines is 2. The fourth-order valence-electron chi connectivity index (χ4n) is 3.12. The summed E-state index contributed by atoms with van der Waals surface area (Å²) in [6, 6.07) is 11.5. The van der Waals surface area contributed by atoms with E-state index in [1.807, 2.05) is 41.3 Å². The van der Waals surface area contributed by atoms with Crippen molar-refractivity contribution >= 4 is 17.4 Å². The van der Waals surface area contributed by atoms with Gasteiger partial charge >= 0.3 is 0 Å². The molecule has 3 aromatic rings. The number of amides is 1. The molecule has 0 radical (unpaired) electrons. The molecule has 1 saturated heterocycles. The van der Waals surface area contributed by atoms with E-state index in [0.29, 0.717) is 25.2 Å². The zero-order chi connectivity index (χ0) is 18.5. The van der Waals surface area contributed by atoms with Crippen molar-refractivity contribution in [2.24, 2.45) is 0 Å². The molecule has 1 aliphatic rings. The van der Waals surface area contributed by atoms with Crippen LogP contribution in [0.25, 0.3) is 0 Å². The summed E-state index contributed by atoms with van der Waals surface area (Å²) in [5, 5.41) is 3.23. The van der Waals surface area contributed by atoms with E-state index in [4.69, 9.17) is 4.42 Å². The van der Waals surface area contributed by atoms with Crippen LogP contribution in [-0.4, -0.2) is 47.0 Å². The molecule has 1 N–H and O–H groups in total. The van der Waals surface area contributed by atoms with Crippen LogP contribution in [0, 0.1) is 0 Å². The summed E-state index contributed by atoms with van der Waals surface area (Å²) < 4.78 is 5.31. The minimum atomic E-state index is 0.00446. The van der Waals surface area contributed by atoms with Crippen LogP contribution in [0.2, 0.25) is 0 Å². The quantitative estimate of drug-likeness (QED) is 0.751. The zero-order valence-corrected chi connectivity index (χ0v) is 14.9. The molecule has 7 heteroatoms. The maximum Gasteiger partial charge on any atom is 0.255 e. The fraction of sp³-hybridized carbons (Fsp3) is 0.250. The Morgan fingerprint density at radius 2 is 2.00 bits per heavy atom. The molecule has 7 nitrogen and oxygen atoms in total. The third kappa shape index (κ3) is 4.08. The second-order valence-electron chi connectivity index (χ2n) is 6.36. The van der Waals surface area contributed by atoms with E-state index >= 15 is 0 Å². The first-order valence-electron chi connectivity index (χ1n) is 8.96. The number of piperazine rings is 1. The zero-order valence-electron chi connectivity index (χ0n) is 14.9. The molecule has 0 atom stereocenters. The highest BCUT2D eigenvalue weighted by Crippen LogP contribution is 2.16. The second kappa shape index (κ2) is 7.90. The van der Waals surface area contributed by atoms with Gasteiger partial charge < -0.3 is 19.5 Å². The molecule has 0 saturated carbocycles. The average molecular weight is 363 g/mol. The number of nitrogens with zero attached hydrogens (tertiary/aromatic N) is 4. The first-order chi connectivity index (χ1) is 13.3. The van der Waals surface area contributed by atoms with Crippen molar-refractivity contribution in [3.63, 3.8) is 0 Å². The lowest BCUT2D eigenvalue weighted by Gasteiger charge is -2.35. The number of nitrogens with one attached hydrogen (secondary N) is 1.